The fourth-order valence-corrected chi connectivity index (χ4v) is 4.42. The van der Waals surface area contributed by atoms with E-state index in [-0.39, 0.29) is 41.7 Å². The van der Waals surface area contributed by atoms with Crippen LogP contribution in [-0.2, 0) is 16.4 Å². The zero-order valence-corrected chi connectivity index (χ0v) is 17.1. The second-order valence-corrected chi connectivity index (χ2v) is 7.77. The standard InChI is InChI=1S/C16H26N4O2S.2ClH/c1-3-4-11-19-12-13(2)20(16(19)18)23(21,22)15-7-5-14(6-8-15)9-10-17;;/h5-8,13,18H,3-4,9-12,17H2,1-2H3;2*1H. The molecule has 1 unspecified atom stereocenters. The minimum Gasteiger partial charge on any atom is -0.340 e. The van der Waals surface area contributed by atoms with Crippen LogP contribution in [0.1, 0.15) is 32.3 Å². The Morgan fingerprint density at radius 2 is 1.84 bits per heavy atom. The normalized spacial score (nSPS) is 17.2. The maximum absolute atomic E-state index is 12.9. The fourth-order valence-electron chi connectivity index (χ4n) is 2.83. The molecule has 1 saturated heterocycles. The molecule has 1 heterocycles. The van der Waals surface area contributed by atoms with Crippen molar-refractivity contribution in [1.82, 2.24) is 9.21 Å². The van der Waals surface area contributed by atoms with E-state index in [4.69, 9.17) is 11.1 Å². The van der Waals surface area contributed by atoms with E-state index in [0.717, 1.165) is 31.4 Å². The number of sulfonamides is 1. The summed E-state index contributed by atoms with van der Waals surface area (Å²) < 4.78 is 27.0. The minimum atomic E-state index is -3.69. The van der Waals surface area contributed by atoms with Gasteiger partial charge >= 0.3 is 0 Å². The van der Waals surface area contributed by atoms with Gasteiger partial charge in [0.25, 0.3) is 10.0 Å². The highest BCUT2D eigenvalue weighted by atomic mass is 35.5. The molecule has 1 fully saturated rings. The Morgan fingerprint density at radius 1 is 1.24 bits per heavy atom. The fraction of sp³-hybridized carbons (Fsp3) is 0.562. The molecule has 0 bridgehead atoms. The lowest BCUT2D eigenvalue weighted by atomic mass is 10.2. The highest BCUT2D eigenvalue weighted by molar-refractivity contribution is 7.89. The summed E-state index contributed by atoms with van der Waals surface area (Å²) in [7, 11) is -3.69. The molecule has 1 aliphatic rings. The van der Waals surface area contributed by atoms with Crippen LogP contribution in [0.2, 0.25) is 0 Å². The number of unbranched alkanes of at least 4 members (excludes halogenated alkanes) is 1. The van der Waals surface area contributed by atoms with Crippen molar-refractivity contribution in [2.45, 2.75) is 44.0 Å². The van der Waals surface area contributed by atoms with Crippen LogP contribution in [0.3, 0.4) is 0 Å². The summed E-state index contributed by atoms with van der Waals surface area (Å²) in [6.45, 7) is 5.76. The number of halogens is 2. The van der Waals surface area contributed by atoms with Crippen molar-refractivity contribution in [1.29, 1.82) is 5.41 Å². The average molecular weight is 411 g/mol. The zero-order chi connectivity index (χ0) is 17.0. The Morgan fingerprint density at radius 3 is 2.36 bits per heavy atom. The van der Waals surface area contributed by atoms with Gasteiger partial charge in [-0.1, -0.05) is 25.5 Å². The third-order valence-electron chi connectivity index (χ3n) is 4.09. The molecule has 0 aliphatic carbocycles. The molecular weight excluding hydrogens is 383 g/mol. The van der Waals surface area contributed by atoms with Gasteiger partial charge in [0.05, 0.1) is 10.9 Å². The van der Waals surface area contributed by atoms with Crippen molar-refractivity contribution >= 4 is 40.8 Å². The molecule has 1 aromatic carbocycles. The van der Waals surface area contributed by atoms with E-state index in [1.165, 1.54) is 4.31 Å². The number of rotatable bonds is 7. The van der Waals surface area contributed by atoms with Crippen molar-refractivity contribution in [2.24, 2.45) is 5.73 Å². The molecule has 9 heteroatoms. The summed E-state index contributed by atoms with van der Waals surface area (Å²) in [4.78, 5) is 2.07. The Balaban J connectivity index is 0.00000288. The first-order chi connectivity index (χ1) is 10.9. The number of nitrogens with two attached hydrogens (primary N) is 1. The predicted octanol–water partition coefficient (Wildman–Crippen LogP) is 2.46. The molecule has 0 radical (unpaired) electrons. The van der Waals surface area contributed by atoms with Gasteiger partial charge in [0.15, 0.2) is 0 Å². The third kappa shape index (κ3) is 5.23. The summed E-state index contributed by atoms with van der Waals surface area (Å²) in [6.07, 6.45) is 2.70. The van der Waals surface area contributed by atoms with Gasteiger partial charge in [0.1, 0.15) is 0 Å². The smallest absolute Gasteiger partial charge is 0.266 e. The van der Waals surface area contributed by atoms with E-state index in [1.807, 2.05) is 11.8 Å². The topological polar surface area (TPSA) is 90.5 Å². The monoisotopic (exact) mass is 410 g/mol. The van der Waals surface area contributed by atoms with Crippen molar-refractivity contribution in [3.63, 3.8) is 0 Å². The third-order valence-corrected chi connectivity index (χ3v) is 6.01. The first-order valence-electron chi connectivity index (χ1n) is 8.08. The largest absolute Gasteiger partial charge is 0.340 e. The molecule has 1 aliphatic heterocycles. The van der Waals surface area contributed by atoms with Crippen LogP contribution >= 0.6 is 24.8 Å². The van der Waals surface area contributed by atoms with Crippen molar-refractivity contribution in [2.75, 3.05) is 19.6 Å². The molecule has 0 aromatic heterocycles. The van der Waals surface area contributed by atoms with E-state index in [0.29, 0.717) is 13.1 Å². The Hall–Kier alpha value is -1.02. The zero-order valence-electron chi connectivity index (χ0n) is 14.6. The van der Waals surface area contributed by atoms with Crippen molar-refractivity contribution in [3.8, 4) is 0 Å². The first-order valence-corrected chi connectivity index (χ1v) is 9.52. The van der Waals surface area contributed by atoms with Crippen LogP contribution in [0.5, 0.6) is 0 Å². The van der Waals surface area contributed by atoms with Gasteiger partial charge in [0.2, 0.25) is 5.96 Å². The second-order valence-electron chi connectivity index (χ2n) is 5.96. The van der Waals surface area contributed by atoms with E-state index < -0.39 is 10.0 Å². The van der Waals surface area contributed by atoms with Gasteiger partial charge in [-0.3, -0.25) is 5.41 Å². The molecule has 1 aromatic rings. The first kappa shape index (κ1) is 24.0. The van der Waals surface area contributed by atoms with E-state index >= 15 is 0 Å². The van der Waals surface area contributed by atoms with Gasteiger partial charge in [-0.2, -0.15) is 0 Å². The quantitative estimate of drug-likeness (QED) is 0.721. The van der Waals surface area contributed by atoms with E-state index in [1.54, 1.807) is 24.3 Å². The predicted molar refractivity (Wildman–Crippen MR) is 106 cm³/mol. The Bertz CT molecular complexity index is 653. The van der Waals surface area contributed by atoms with Crippen molar-refractivity contribution < 1.29 is 8.42 Å². The molecule has 0 spiro atoms. The van der Waals surface area contributed by atoms with Crippen LogP contribution < -0.4 is 5.73 Å². The number of nitrogens with one attached hydrogen (secondary N) is 1. The number of guanidine groups is 1. The van der Waals surface area contributed by atoms with Crippen LogP contribution in [-0.4, -0.2) is 49.3 Å². The minimum absolute atomic E-state index is 0. The lowest BCUT2D eigenvalue weighted by Crippen LogP contribution is -2.39. The molecule has 3 N–H and O–H groups in total. The summed E-state index contributed by atoms with van der Waals surface area (Å²) in [6, 6.07) is 6.56. The highest BCUT2D eigenvalue weighted by Gasteiger charge is 2.40. The van der Waals surface area contributed by atoms with Crippen LogP contribution in [0, 0.1) is 5.41 Å². The van der Waals surface area contributed by atoms with Gasteiger partial charge in [-0.05, 0) is 44.0 Å². The van der Waals surface area contributed by atoms with Gasteiger partial charge in [0, 0.05) is 13.1 Å². The number of hydrogen-bond donors (Lipinski definition) is 2. The molecule has 144 valence electrons. The summed E-state index contributed by atoms with van der Waals surface area (Å²) >= 11 is 0. The van der Waals surface area contributed by atoms with Crippen LogP contribution in [0.15, 0.2) is 29.2 Å². The molecule has 0 amide bonds. The van der Waals surface area contributed by atoms with Gasteiger partial charge < -0.3 is 10.6 Å². The Kier molecular flexibility index (Phi) is 9.79. The number of benzene rings is 1. The van der Waals surface area contributed by atoms with Crippen LogP contribution in [0.4, 0.5) is 0 Å². The summed E-state index contributed by atoms with van der Waals surface area (Å²) in [5, 5.41) is 8.24. The lowest BCUT2D eigenvalue weighted by Gasteiger charge is -2.23. The molecule has 25 heavy (non-hydrogen) atoms. The van der Waals surface area contributed by atoms with Crippen LogP contribution in [0.25, 0.3) is 0 Å². The number of hydrogen-bond acceptors (Lipinski definition) is 4. The van der Waals surface area contributed by atoms with E-state index in [9.17, 15) is 8.42 Å². The molecule has 1 atom stereocenters. The summed E-state index contributed by atoms with van der Waals surface area (Å²) in [5.74, 6) is 0.0805. The molecular formula is C16H28Cl2N4O2S. The van der Waals surface area contributed by atoms with E-state index in [2.05, 4.69) is 6.92 Å². The number of nitrogens with zero attached hydrogens (tertiary/aromatic N) is 2. The summed E-state index contributed by atoms with van der Waals surface area (Å²) in [5.41, 5.74) is 6.53. The highest BCUT2D eigenvalue weighted by Crippen LogP contribution is 2.25. The molecule has 6 nitrogen and oxygen atoms in total. The van der Waals surface area contributed by atoms with Gasteiger partial charge in [-0.15, -0.1) is 24.8 Å². The van der Waals surface area contributed by atoms with Crippen molar-refractivity contribution in [3.05, 3.63) is 29.8 Å². The Labute approximate surface area is 163 Å². The van der Waals surface area contributed by atoms with Gasteiger partial charge in [-0.25, -0.2) is 12.7 Å². The molecule has 2 rings (SSSR count). The maximum Gasteiger partial charge on any atom is 0.266 e. The lowest BCUT2D eigenvalue weighted by molar-refractivity contribution is 0.417. The maximum atomic E-state index is 12.9. The SMILES string of the molecule is CCCCN1CC(C)N(S(=O)(=O)c2ccc(CCN)cc2)C1=N.Cl.Cl. The average Bonchev–Trinajstić information content (AvgIpc) is 2.80. The molecule has 0 saturated carbocycles. The second kappa shape index (κ2) is 10.2.